The number of aryl methyl sites for hydroxylation is 1. The number of benzene rings is 1. The largest absolute Gasteiger partial charge is 0.478 e. The fourth-order valence-electron chi connectivity index (χ4n) is 1.81. The molecule has 104 valence electrons. The van der Waals surface area contributed by atoms with Crippen LogP contribution in [0.15, 0.2) is 39.4 Å². The van der Waals surface area contributed by atoms with E-state index in [-0.39, 0.29) is 5.56 Å². The maximum Gasteiger partial charge on any atom is 0.339 e. The minimum atomic E-state index is -1.02. The highest BCUT2D eigenvalue weighted by Crippen LogP contribution is 2.27. The monoisotopic (exact) mass is 398 g/mol. The van der Waals surface area contributed by atoms with Crippen molar-refractivity contribution in [3.8, 4) is 0 Å². The molecule has 0 saturated heterocycles. The minimum absolute atomic E-state index is 0.129. The standard InChI is InChI=1S/C14H12Br2N2O2/c1-2-8-5-9(15)3-4-12(8)18-13-11(14(19)20)6-10(16)7-17-13/h3-7H,2H2,1H3,(H,17,18)(H,19,20). The van der Waals surface area contributed by atoms with E-state index in [0.29, 0.717) is 10.3 Å². The molecule has 0 bridgehead atoms. The number of halogens is 2. The van der Waals surface area contributed by atoms with Gasteiger partial charge < -0.3 is 10.4 Å². The van der Waals surface area contributed by atoms with E-state index in [9.17, 15) is 9.90 Å². The van der Waals surface area contributed by atoms with Gasteiger partial charge in [0.25, 0.3) is 0 Å². The number of rotatable bonds is 4. The average molecular weight is 400 g/mol. The first kappa shape index (κ1) is 15.0. The molecule has 2 N–H and O–H groups in total. The number of nitrogens with one attached hydrogen (secondary N) is 1. The van der Waals surface area contributed by atoms with E-state index in [1.54, 1.807) is 6.20 Å². The summed E-state index contributed by atoms with van der Waals surface area (Å²) in [6, 6.07) is 7.34. The van der Waals surface area contributed by atoms with E-state index < -0.39 is 5.97 Å². The molecule has 1 aromatic heterocycles. The molecule has 0 aliphatic rings. The fraction of sp³-hybridized carbons (Fsp3) is 0.143. The first-order valence-corrected chi connectivity index (χ1v) is 7.54. The lowest BCUT2D eigenvalue weighted by atomic mass is 10.1. The van der Waals surface area contributed by atoms with E-state index in [2.05, 4.69) is 42.2 Å². The molecule has 1 heterocycles. The molecule has 0 atom stereocenters. The average Bonchev–Trinajstić information content (AvgIpc) is 2.42. The van der Waals surface area contributed by atoms with Gasteiger partial charge in [-0.25, -0.2) is 9.78 Å². The van der Waals surface area contributed by atoms with Crippen molar-refractivity contribution in [2.45, 2.75) is 13.3 Å². The Kier molecular flexibility index (Phi) is 4.77. The smallest absolute Gasteiger partial charge is 0.339 e. The highest BCUT2D eigenvalue weighted by Gasteiger charge is 2.13. The molecule has 1 aromatic carbocycles. The van der Waals surface area contributed by atoms with Gasteiger partial charge >= 0.3 is 5.97 Å². The topological polar surface area (TPSA) is 62.2 Å². The van der Waals surface area contributed by atoms with Crippen LogP contribution in [0.3, 0.4) is 0 Å². The Morgan fingerprint density at radius 1 is 1.30 bits per heavy atom. The third-order valence-corrected chi connectivity index (χ3v) is 3.71. The Balaban J connectivity index is 2.42. The number of nitrogens with zero attached hydrogens (tertiary/aromatic N) is 1. The van der Waals surface area contributed by atoms with E-state index >= 15 is 0 Å². The number of aromatic carboxylic acids is 1. The molecule has 20 heavy (non-hydrogen) atoms. The summed E-state index contributed by atoms with van der Waals surface area (Å²) in [6.07, 6.45) is 2.40. The van der Waals surface area contributed by atoms with Crippen LogP contribution in [0, 0.1) is 0 Å². The predicted octanol–water partition coefficient (Wildman–Crippen LogP) is 4.61. The molecular formula is C14H12Br2N2O2. The number of pyridine rings is 1. The van der Waals surface area contributed by atoms with Gasteiger partial charge in [0.05, 0.1) is 0 Å². The summed E-state index contributed by atoms with van der Waals surface area (Å²) in [4.78, 5) is 15.4. The SMILES string of the molecule is CCc1cc(Br)ccc1Nc1ncc(Br)cc1C(=O)O. The van der Waals surface area contributed by atoms with E-state index in [4.69, 9.17) is 0 Å². The molecule has 0 radical (unpaired) electrons. The van der Waals surface area contributed by atoms with Crippen molar-refractivity contribution in [1.82, 2.24) is 4.98 Å². The second-order valence-corrected chi connectivity index (χ2v) is 5.97. The summed E-state index contributed by atoms with van der Waals surface area (Å²) in [6.45, 7) is 2.04. The lowest BCUT2D eigenvalue weighted by molar-refractivity contribution is 0.0697. The van der Waals surface area contributed by atoms with E-state index in [1.807, 2.05) is 25.1 Å². The second kappa shape index (κ2) is 6.37. The van der Waals surface area contributed by atoms with Crippen molar-refractivity contribution in [1.29, 1.82) is 0 Å². The van der Waals surface area contributed by atoms with Gasteiger partial charge in [0.15, 0.2) is 0 Å². The van der Waals surface area contributed by atoms with Crippen molar-refractivity contribution >= 4 is 49.3 Å². The van der Waals surface area contributed by atoms with Gasteiger partial charge in [0.1, 0.15) is 11.4 Å². The summed E-state index contributed by atoms with van der Waals surface area (Å²) in [5.41, 5.74) is 2.07. The van der Waals surface area contributed by atoms with Gasteiger partial charge in [0, 0.05) is 20.8 Å². The summed E-state index contributed by atoms with van der Waals surface area (Å²) in [5, 5.41) is 12.3. The number of aromatic nitrogens is 1. The lowest BCUT2D eigenvalue weighted by Crippen LogP contribution is -2.06. The zero-order chi connectivity index (χ0) is 14.7. The van der Waals surface area contributed by atoms with Crippen molar-refractivity contribution < 1.29 is 9.90 Å². The second-order valence-electron chi connectivity index (χ2n) is 4.13. The quantitative estimate of drug-likeness (QED) is 0.787. The number of carboxylic acids is 1. The van der Waals surface area contributed by atoms with Crippen LogP contribution < -0.4 is 5.32 Å². The van der Waals surface area contributed by atoms with Crippen LogP contribution in [0.1, 0.15) is 22.8 Å². The first-order chi connectivity index (χ1) is 9.51. The molecular weight excluding hydrogens is 388 g/mol. The normalized spacial score (nSPS) is 10.3. The van der Waals surface area contributed by atoms with Crippen LogP contribution in [0.5, 0.6) is 0 Å². The molecule has 0 amide bonds. The van der Waals surface area contributed by atoms with Gasteiger partial charge in [0.2, 0.25) is 0 Å². The van der Waals surface area contributed by atoms with Gasteiger partial charge in [-0.2, -0.15) is 0 Å². The van der Waals surface area contributed by atoms with Crippen molar-refractivity contribution in [3.63, 3.8) is 0 Å². The number of hydrogen-bond acceptors (Lipinski definition) is 3. The predicted molar refractivity (Wildman–Crippen MR) is 85.7 cm³/mol. The first-order valence-electron chi connectivity index (χ1n) is 5.95. The molecule has 0 aliphatic carbocycles. The number of carboxylic acid groups (broad SMARTS) is 1. The van der Waals surface area contributed by atoms with Crippen LogP contribution in [0.25, 0.3) is 0 Å². The third kappa shape index (κ3) is 3.37. The Bertz CT molecular complexity index is 660. The maximum absolute atomic E-state index is 11.3. The van der Waals surface area contributed by atoms with E-state index in [0.717, 1.165) is 22.1 Å². The zero-order valence-electron chi connectivity index (χ0n) is 10.7. The van der Waals surface area contributed by atoms with Crippen LogP contribution in [0.2, 0.25) is 0 Å². The summed E-state index contributed by atoms with van der Waals surface area (Å²) < 4.78 is 1.62. The number of hydrogen-bond donors (Lipinski definition) is 2. The Labute approximate surface area is 133 Å². The summed E-state index contributed by atoms with van der Waals surface area (Å²) in [7, 11) is 0. The number of anilines is 2. The van der Waals surface area contributed by atoms with Crippen LogP contribution in [0.4, 0.5) is 11.5 Å². The van der Waals surface area contributed by atoms with Crippen LogP contribution in [-0.2, 0) is 6.42 Å². The Hall–Kier alpha value is -1.40. The van der Waals surface area contributed by atoms with Gasteiger partial charge in [-0.05, 0) is 52.2 Å². The highest BCUT2D eigenvalue weighted by molar-refractivity contribution is 9.10. The molecule has 6 heteroatoms. The third-order valence-electron chi connectivity index (χ3n) is 2.79. The molecule has 0 saturated carbocycles. The molecule has 0 unspecified atom stereocenters. The number of carbonyl (C=O) groups is 1. The molecule has 2 aromatic rings. The summed E-state index contributed by atoms with van der Waals surface area (Å²) >= 11 is 6.65. The van der Waals surface area contributed by atoms with Gasteiger partial charge in [-0.3, -0.25) is 0 Å². The summed E-state index contributed by atoms with van der Waals surface area (Å²) in [5.74, 6) is -0.686. The molecule has 0 aliphatic heterocycles. The van der Waals surface area contributed by atoms with Gasteiger partial charge in [-0.1, -0.05) is 22.9 Å². The highest BCUT2D eigenvalue weighted by atomic mass is 79.9. The molecule has 4 nitrogen and oxygen atoms in total. The minimum Gasteiger partial charge on any atom is -0.478 e. The molecule has 0 fully saturated rings. The van der Waals surface area contributed by atoms with Crippen molar-refractivity contribution in [3.05, 3.63) is 50.5 Å². The van der Waals surface area contributed by atoms with Gasteiger partial charge in [-0.15, -0.1) is 0 Å². The van der Waals surface area contributed by atoms with Crippen LogP contribution in [-0.4, -0.2) is 16.1 Å². The van der Waals surface area contributed by atoms with Crippen molar-refractivity contribution in [2.24, 2.45) is 0 Å². The van der Waals surface area contributed by atoms with E-state index in [1.165, 1.54) is 6.07 Å². The van der Waals surface area contributed by atoms with Crippen molar-refractivity contribution in [2.75, 3.05) is 5.32 Å². The molecule has 0 spiro atoms. The maximum atomic E-state index is 11.3. The molecule has 2 rings (SSSR count). The zero-order valence-corrected chi connectivity index (χ0v) is 13.8. The fourth-order valence-corrected chi connectivity index (χ4v) is 2.55. The Morgan fingerprint density at radius 3 is 2.70 bits per heavy atom. The van der Waals surface area contributed by atoms with Crippen LogP contribution >= 0.6 is 31.9 Å². The Morgan fingerprint density at radius 2 is 2.05 bits per heavy atom. The lowest BCUT2D eigenvalue weighted by Gasteiger charge is -2.12.